The lowest BCUT2D eigenvalue weighted by Gasteiger charge is -1.74. The van der Waals surface area contributed by atoms with Crippen molar-refractivity contribution in [3.05, 3.63) is 12.2 Å². The number of nitrogens with two attached hydrogens (primary N) is 1. The molecule has 1 amide bonds. The average Bonchev–Trinajstić information content (AvgIpc) is 2.02. The number of carbonyl (C=O) groups is 3. The van der Waals surface area contributed by atoms with Crippen LogP contribution in [0.25, 0.3) is 0 Å². The molecule has 0 bridgehead atoms. The van der Waals surface area contributed by atoms with Crippen molar-refractivity contribution >= 4 is 17.8 Å². The highest BCUT2D eigenvalue weighted by Gasteiger charge is 1.88. The molecule has 0 saturated carbocycles. The topological polar surface area (TPSA) is 118 Å². The summed E-state index contributed by atoms with van der Waals surface area (Å²) in [7, 11) is 0. The van der Waals surface area contributed by atoms with Crippen LogP contribution in [0.4, 0.5) is 0 Å². The Hall–Kier alpha value is -1.85. The van der Waals surface area contributed by atoms with Crippen LogP contribution in [0.2, 0.25) is 0 Å². The van der Waals surface area contributed by atoms with E-state index in [1.165, 1.54) is 0 Å². The van der Waals surface area contributed by atoms with Gasteiger partial charge in [-0.25, -0.2) is 9.59 Å². The molecule has 0 aliphatic rings. The van der Waals surface area contributed by atoms with Gasteiger partial charge in [0.25, 0.3) is 0 Å². The van der Waals surface area contributed by atoms with Crippen molar-refractivity contribution in [1.82, 2.24) is 0 Å². The van der Waals surface area contributed by atoms with Gasteiger partial charge >= 0.3 is 11.9 Å². The summed E-state index contributed by atoms with van der Waals surface area (Å²) in [5, 5.41) is 15.6. The van der Waals surface area contributed by atoms with E-state index in [2.05, 4.69) is 5.73 Å². The van der Waals surface area contributed by atoms with Crippen molar-refractivity contribution in [2.45, 2.75) is 13.3 Å². The summed E-state index contributed by atoms with van der Waals surface area (Å²) in [6, 6.07) is 0. The largest absolute Gasteiger partial charge is 0.478 e. The number of hydrogen-bond donors (Lipinski definition) is 3. The van der Waals surface area contributed by atoms with Gasteiger partial charge < -0.3 is 15.9 Å². The van der Waals surface area contributed by atoms with Gasteiger partial charge in [-0.3, -0.25) is 4.79 Å². The number of rotatable bonds is 3. The summed E-state index contributed by atoms with van der Waals surface area (Å²) in [5.41, 5.74) is 4.65. The second kappa shape index (κ2) is 8.25. The maximum Gasteiger partial charge on any atom is 0.328 e. The summed E-state index contributed by atoms with van der Waals surface area (Å²) in [4.78, 5) is 28.7. The van der Waals surface area contributed by atoms with Gasteiger partial charge in [-0.2, -0.15) is 0 Å². The van der Waals surface area contributed by atoms with Crippen LogP contribution in [0.15, 0.2) is 12.2 Å². The molecule has 0 atom stereocenters. The highest BCUT2D eigenvalue weighted by atomic mass is 16.4. The fourth-order valence-corrected chi connectivity index (χ4v) is 0.143. The molecule has 0 aromatic rings. The van der Waals surface area contributed by atoms with Crippen LogP contribution in [0.1, 0.15) is 13.3 Å². The second-order valence-electron chi connectivity index (χ2n) is 1.83. The first-order valence-electron chi connectivity index (χ1n) is 3.32. The van der Waals surface area contributed by atoms with Crippen molar-refractivity contribution in [2.24, 2.45) is 5.73 Å². The van der Waals surface area contributed by atoms with Gasteiger partial charge in [0.1, 0.15) is 0 Å². The van der Waals surface area contributed by atoms with E-state index in [1.54, 1.807) is 6.92 Å². The molecule has 0 radical (unpaired) electrons. The first-order valence-corrected chi connectivity index (χ1v) is 3.32. The molecule has 0 heterocycles. The fourth-order valence-electron chi connectivity index (χ4n) is 0.143. The van der Waals surface area contributed by atoms with E-state index < -0.39 is 11.9 Å². The quantitative estimate of drug-likeness (QED) is 0.522. The number of carbonyl (C=O) groups excluding carboxylic acids is 1. The molecule has 0 rings (SSSR count). The molecule has 74 valence electrons. The monoisotopic (exact) mass is 189 g/mol. The molecular weight excluding hydrogens is 178 g/mol. The first kappa shape index (κ1) is 13.7. The van der Waals surface area contributed by atoms with Crippen LogP contribution in [-0.4, -0.2) is 28.1 Å². The molecule has 0 aromatic carbocycles. The van der Waals surface area contributed by atoms with Crippen LogP contribution < -0.4 is 5.73 Å². The number of carboxylic acids is 2. The van der Waals surface area contributed by atoms with E-state index in [4.69, 9.17) is 10.2 Å². The zero-order valence-corrected chi connectivity index (χ0v) is 7.06. The predicted octanol–water partition coefficient (Wildman–Crippen LogP) is -0.406. The lowest BCUT2D eigenvalue weighted by atomic mass is 10.5. The molecule has 6 heteroatoms. The Morgan fingerprint density at radius 2 is 1.38 bits per heavy atom. The maximum atomic E-state index is 9.59. The number of amides is 1. The number of hydrogen-bond acceptors (Lipinski definition) is 3. The zero-order chi connectivity index (χ0) is 10.9. The highest BCUT2D eigenvalue weighted by molar-refractivity contribution is 5.89. The minimum absolute atomic E-state index is 0.245. The molecule has 0 fully saturated rings. The molecular formula is C7H11NO5. The van der Waals surface area contributed by atoms with Gasteiger partial charge in [-0.1, -0.05) is 6.92 Å². The Morgan fingerprint density at radius 1 is 1.15 bits per heavy atom. The second-order valence-corrected chi connectivity index (χ2v) is 1.83. The normalized spacial score (nSPS) is 8.69. The lowest BCUT2D eigenvalue weighted by molar-refractivity contribution is -0.134. The third-order valence-corrected chi connectivity index (χ3v) is 0.717. The highest BCUT2D eigenvalue weighted by Crippen LogP contribution is 1.70. The maximum absolute atomic E-state index is 9.59. The van der Waals surface area contributed by atoms with Crippen LogP contribution in [0.3, 0.4) is 0 Å². The minimum Gasteiger partial charge on any atom is -0.478 e. The molecule has 0 spiro atoms. The average molecular weight is 189 g/mol. The first-order chi connectivity index (χ1) is 5.90. The van der Waals surface area contributed by atoms with E-state index >= 15 is 0 Å². The third-order valence-electron chi connectivity index (χ3n) is 0.717. The van der Waals surface area contributed by atoms with Gasteiger partial charge in [0.2, 0.25) is 5.91 Å². The van der Waals surface area contributed by atoms with Gasteiger partial charge in [0, 0.05) is 18.6 Å². The number of aliphatic carboxylic acids is 2. The van der Waals surface area contributed by atoms with E-state index in [1.807, 2.05) is 0 Å². The van der Waals surface area contributed by atoms with Crippen molar-refractivity contribution < 1.29 is 24.6 Å². The van der Waals surface area contributed by atoms with Crippen LogP contribution in [0.5, 0.6) is 0 Å². The van der Waals surface area contributed by atoms with Crippen molar-refractivity contribution in [1.29, 1.82) is 0 Å². The summed E-state index contributed by atoms with van der Waals surface area (Å²) in [5.74, 6) is -2.76. The van der Waals surface area contributed by atoms with E-state index in [0.29, 0.717) is 18.6 Å². The molecule has 13 heavy (non-hydrogen) atoms. The Labute approximate surface area is 74.7 Å². The van der Waals surface area contributed by atoms with Crippen molar-refractivity contribution in [2.75, 3.05) is 0 Å². The van der Waals surface area contributed by atoms with E-state index in [-0.39, 0.29) is 5.91 Å². The predicted molar refractivity (Wildman–Crippen MR) is 43.9 cm³/mol. The molecule has 0 unspecified atom stereocenters. The standard InChI is InChI=1S/C4H4O4.C3H7NO/c5-3(6)1-2-4(7)8;1-2-3(4)5/h1-2H,(H,5,6)(H,7,8);2H2,1H3,(H2,4,5). The summed E-state index contributed by atoms with van der Waals surface area (Å²) in [6.07, 6.45) is 1.56. The van der Waals surface area contributed by atoms with Gasteiger partial charge in [-0.15, -0.1) is 0 Å². The Balaban J connectivity index is 0. The van der Waals surface area contributed by atoms with Crippen molar-refractivity contribution in [3.8, 4) is 0 Å². The molecule has 0 aliphatic heterocycles. The van der Waals surface area contributed by atoms with Gasteiger partial charge in [0.15, 0.2) is 0 Å². The molecule has 0 aliphatic carbocycles. The molecule has 0 aromatic heterocycles. The Kier molecular flexibility index (Phi) is 8.71. The number of carboxylic acid groups (broad SMARTS) is 2. The van der Waals surface area contributed by atoms with Gasteiger partial charge in [0.05, 0.1) is 0 Å². The van der Waals surface area contributed by atoms with Crippen molar-refractivity contribution in [3.63, 3.8) is 0 Å². The zero-order valence-electron chi connectivity index (χ0n) is 7.06. The van der Waals surface area contributed by atoms with Crippen LogP contribution >= 0.6 is 0 Å². The molecule has 0 saturated heterocycles. The Morgan fingerprint density at radius 3 is 1.46 bits per heavy atom. The minimum atomic E-state index is -1.26. The third kappa shape index (κ3) is 25.4. The van der Waals surface area contributed by atoms with Crippen LogP contribution in [0, 0.1) is 0 Å². The molecule has 6 nitrogen and oxygen atoms in total. The summed E-state index contributed by atoms with van der Waals surface area (Å²) in [6.45, 7) is 1.72. The molecule has 4 N–H and O–H groups in total. The lowest BCUT2D eigenvalue weighted by Crippen LogP contribution is -2.06. The smallest absolute Gasteiger partial charge is 0.328 e. The fraction of sp³-hybridized carbons (Fsp3) is 0.286. The van der Waals surface area contributed by atoms with Crippen LogP contribution in [-0.2, 0) is 14.4 Å². The Bertz CT molecular complexity index is 205. The number of primary amides is 1. The van der Waals surface area contributed by atoms with E-state index in [9.17, 15) is 14.4 Å². The summed E-state index contributed by atoms with van der Waals surface area (Å²) >= 11 is 0. The summed E-state index contributed by atoms with van der Waals surface area (Å²) < 4.78 is 0. The SMILES string of the molecule is CCC(N)=O.O=C(O)C=CC(=O)O. The van der Waals surface area contributed by atoms with Gasteiger partial charge in [-0.05, 0) is 0 Å². The van der Waals surface area contributed by atoms with E-state index in [0.717, 1.165) is 0 Å².